The Hall–Kier alpha value is -2.74. The molecule has 1 fully saturated rings. The lowest BCUT2D eigenvalue weighted by Crippen LogP contribution is -2.36. The molecular formula is C19H18FN3O3S. The van der Waals surface area contributed by atoms with Crippen molar-refractivity contribution in [1.29, 1.82) is 0 Å². The van der Waals surface area contributed by atoms with Gasteiger partial charge in [0.15, 0.2) is 6.10 Å². The van der Waals surface area contributed by atoms with Crippen molar-refractivity contribution in [2.24, 2.45) is 0 Å². The van der Waals surface area contributed by atoms with Crippen molar-refractivity contribution in [1.82, 2.24) is 15.1 Å². The van der Waals surface area contributed by atoms with Gasteiger partial charge in [-0.2, -0.15) is 5.10 Å². The molecule has 1 amide bonds. The Morgan fingerprint density at radius 3 is 2.70 bits per heavy atom. The Morgan fingerprint density at radius 1 is 1.33 bits per heavy atom. The van der Waals surface area contributed by atoms with Gasteiger partial charge in [0.05, 0.1) is 11.4 Å². The number of carbonyl (C=O) groups is 2. The fraction of sp³-hybridized carbons (Fsp3) is 0.316. The third-order valence-electron chi connectivity index (χ3n) is 4.39. The van der Waals surface area contributed by atoms with Crippen molar-refractivity contribution in [3.05, 3.63) is 46.7 Å². The Labute approximate surface area is 158 Å². The highest BCUT2D eigenvalue weighted by molar-refractivity contribution is 7.20. The van der Waals surface area contributed by atoms with E-state index in [0.717, 1.165) is 28.8 Å². The van der Waals surface area contributed by atoms with Gasteiger partial charge < -0.3 is 10.1 Å². The lowest BCUT2D eigenvalue weighted by Gasteiger charge is -2.12. The standard InChI is InChI=1S/C19H18FN3O3S/c1-10-15-9-16(19(25)26-11(2)17(24)21-13-5-6-13)27-18(15)23(22-10)14-7-3-12(20)4-8-14/h3-4,7-9,11,13H,5-6H2,1-2H3,(H,21,24)/t11-/m0/s1. The molecule has 0 aliphatic heterocycles. The molecular weight excluding hydrogens is 369 g/mol. The van der Waals surface area contributed by atoms with Crippen LogP contribution in [0, 0.1) is 12.7 Å². The van der Waals surface area contributed by atoms with E-state index in [2.05, 4.69) is 10.4 Å². The number of fused-ring (bicyclic) bond motifs is 1. The zero-order valence-electron chi connectivity index (χ0n) is 14.9. The summed E-state index contributed by atoms with van der Waals surface area (Å²) in [5.74, 6) is -1.15. The molecule has 3 aromatic rings. The third-order valence-corrected chi connectivity index (χ3v) is 5.48. The number of thiophene rings is 1. The monoisotopic (exact) mass is 387 g/mol. The van der Waals surface area contributed by atoms with Crippen molar-refractivity contribution in [3.8, 4) is 5.69 Å². The molecule has 0 bridgehead atoms. The van der Waals surface area contributed by atoms with Gasteiger partial charge >= 0.3 is 5.97 Å². The number of nitrogens with zero attached hydrogens (tertiary/aromatic N) is 2. The van der Waals surface area contributed by atoms with E-state index < -0.39 is 12.1 Å². The van der Waals surface area contributed by atoms with E-state index in [1.165, 1.54) is 23.5 Å². The molecule has 1 aliphatic rings. The molecule has 1 saturated carbocycles. The minimum absolute atomic E-state index is 0.215. The first-order valence-corrected chi connectivity index (χ1v) is 9.50. The van der Waals surface area contributed by atoms with Crippen LogP contribution in [0.3, 0.4) is 0 Å². The number of ether oxygens (including phenoxy) is 1. The molecule has 6 nitrogen and oxygen atoms in total. The summed E-state index contributed by atoms with van der Waals surface area (Å²) in [6.45, 7) is 3.41. The number of nitrogens with one attached hydrogen (secondary N) is 1. The van der Waals surface area contributed by atoms with Gasteiger partial charge in [0, 0.05) is 11.4 Å². The van der Waals surface area contributed by atoms with Gasteiger partial charge in [0.25, 0.3) is 5.91 Å². The molecule has 0 saturated heterocycles. The number of hydrogen-bond acceptors (Lipinski definition) is 5. The van der Waals surface area contributed by atoms with Crippen LogP contribution in [0.15, 0.2) is 30.3 Å². The van der Waals surface area contributed by atoms with Crippen LogP contribution in [0.25, 0.3) is 15.9 Å². The van der Waals surface area contributed by atoms with Crippen LogP contribution in [0.4, 0.5) is 4.39 Å². The van der Waals surface area contributed by atoms with Crippen LogP contribution in [0.1, 0.15) is 35.1 Å². The Bertz CT molecular complexity index is 1020. The number of rotatable bonds is 5. The maximum absolute atomic E-state index is 13.2. The molecule has 1 atom stereocenters. The summed E-state index contributed by atoms with van der Waals surface area (Å²) >= 11 is 1.23. The van der Waals surface area contributed by atoms with E-state index in [1.54, 1.807) is 29.8 Å². The van der Waals surface area contributed by atoms with Crippen LogP contribution >= 0.6 is 11.3 Å². The van der Waals surface area contributed by atoms with Crippen molar-refractivity contribution in [2.75, 3.05) is 0 Å². The SMILES string of the molecule is Cc1nn(-c2ccc(F)cc2)c2sc(C(=O)O[C@@H](C)C(=O)NC3CC3)cc12. The maximum atomic E-state index is 13.2. The molecule has 1 aromatic carbocycles. The Kier molecular flexibility index (Phi) is 4.43. The van der Waals surface area contributed by atoms with Gasteiger partial charge in [-0.1, -0.05) is 0 Å². The number of aryl methyl sites for hydroxylation is 1. The molecule has 140 valence electrons. The summed E-state index contributed by atoms with van der Waals surface area (Å²) in [4.78, 5) is 25.6. The van der Waals surface area contributed by atoms with Crippen molar-refractivity contribution >= 4 is 33.4 Å². The van der Waals surface area contributed by atoms with Gasteiger partial charge in [0.1, 0.15) is 15.5 Å². The second kappa shape index (κ2) is 6.77. The molecule has 1 aliphatic carbocycles. The zero-order chi connectivity index (χ0) is 19.1. The minimum atomic E-state index is -0.849. The average Bonchev–Trinajstić information content (AvgIpc) is 3.25. The van der Waals surface area contributed by atoms with Crippen LogP contribution in [0.5, 0.6) is 0 Å². The largest absolute Gasteiger partial charge is 0.448 e. The number of esters is 1. The third kappa shape index (κ3) is 3.57. The summed E-state index contributed by atoms with van der Waals surface area (Å²) in [7, 11) is 0. The summed E-state index contributed by atoms with van der Waals surface area (Å²) in [5, 5.41) is 8.11. The fourth-order valence-corrected chi connectivity index (χ4v) is 3.79. The van der Waals surface area contributed by atoms with E-state index in [-0.39, 0.29) is 17.8 Å². The van der Waals surface area contributed by atoms with Crippen LogP contribution in [-0.4, -0.2) is 33.8 Å². The normalized spacial score (nSPS) is 14.9. The van der Waals surface area contributed by atoms with E-state index in [4.69, 9.17) is 4.74 Å². The van der Waals surface area contributed by atoms with Gasteiger partial charge in [-0.15, -0.1) is 11.3 Å². The number of halogens is 1. The predicted molar refractivity (Wildman–Crippen MR) is 99.7 cm³/mol. The highest BCUT2D eigenvalue weighted by Gasteiger charge is 2.28. The summed E-state index contributed by atoms with van der Waals surface area (Å²) in [6.07, 6.45) is 1.10. The molecule has 0 unspecified atom stereocenters. The van der Waals surface area contributed by atoms with Crippen molar-refractivity contribution in [3.63, 3.8) is 0 Å². The lowest BCUT2D eigenvalue weighted by molar-refractivity contribution is -0.129. The lowest BCUT2D eigenvalue weighted by atomic mass is 10.3. The Balaban J connectivity index is 1.57. The second-order valence-corrected chi connectivity index (χ2v) is 7.66. The number of aromatic nitrogens is 2. The Morgan fingerprint density at radius 2 is 2.04 bits per heavy atom. The molecule has 27 heavy (non-hydrogen) atoms. The van der Waals surface area contributed by atoms with Gasteiger partial charge in [-0.3, -0.25) is 4.79 Å². The first-order valence-electron chi connectivity index (χ1n) is 8.69. The molecule has 1 N–H and O–H groups in total. The minimum Gasteiger partial charge on any atom is -0.448 e. The number of benzene rings is 1. The average molecular weight is 387 g/mol. The van der Waals surface area contributed by atoms with Gasteiger partial charge in [0.2, 0.25) is 0 Å². The van der Waals surface area contributed by atoms with Gasteiger partial charge in [-0.25, -0.2) is 13.9 Å². The highest BCUT2D eigenvalue weighted by atomic mass is 32.1. The summed E-state index contributed by atoms with van der Waals surface area (Å²) in [6, 6.07) is 7.91. The fourth-order valence-electron chi connectivity index (χ4n) is 2.72. The van der Waals surface area contributed by atoms with E-state index in [1.807, 2.05) is 6.92 Å². The van der Waals surface area contributed by atoms with Crippen LogP contribution < -0.4 is 5.32 Å². The highest BCUT2D eigenvalue weighted by Crippen LogP contribution is 2.31. The summed E-state index contributed by atoms with van der Waals surface area (Å²) in [5.41, 5.74) is 1.46. The van der Waals surface area contributed by atoms with Crippen LogP contribution in [0.2, 0.25) is 0 Å². The topological polar surface area (TPSA) is 73.2 Å². The number of hydrogen-bond donors (Lipinski definition) is 1. The zero-order valence-corrected chi connectivity index (χ0v) is 15.7. The maximum Gasteiger partial charge on any atom is 0.349 e. The number of carbonyl (C=O) groups excluding carboxylic acids is 2. The molecule has 4 rings (SSSR count). The van der Waals surface area contributed by atoms with Gasteiger partial charge in [-0.05, 0) is 57.0 Å². The van der Waals surface area contributed by atoms with Crippen molar-refractivity contribution < 1.29 is 18.7 Å². The predicted octanol–water partition coefficient (Wildman–Crippen LogP) is 3.36. The quantitative estimate of drug-likeness (QED) is 0.682. The number of amides is 1. The molecule has 2 aromatic heterocycles. The molecule has 8 heteroatoms. The van der Waals surface area contributed by atoms with E-state index in [0.29, 0.717) is 10.6 Å². The molecule has 2 heterocycles. The first-order chi connectivity index (χ1) is 12.9. The van der Waals surface area contributed by atoms with E-state index >= 15 is 0 Å². The smallest absolute Gasteiger partial charge is 0.349 e. The van der Waals surface area contributed by atoms with E-state index in [9.17, 15) is 14.0 Å². The van der Waals surface area contributed by atoms with Crippen LogP contribution in [-0.2, 0) is 9.53 Å². The molecule has 0 radical (unpaired) electrons. The first kappa shape index (κ1) is 17.7. The van der Waals surface area contributed by atoms with Crippen molar-refractivity contribution in [2.45, 2.75) is 38.8 Å². The summed E-state index contributed by atoms with van der Waals surface area (Å²) < 4.78 is 20.2. The molecule has 0 spiro atoms. The second-order valence-electron chi connectivity index (χ2n) is 6.63.